The van der Waals surface area contributed by atoms with Gasteiger partial charge in [-0.3, -0.25) is 28.8 Å². The Morgan fingerprint density at radius 2 is 0.824 bits per heavy atom. The summed E-state index contributed by atoms with van der Waals surface area (Å²) in [5, 5.41) is 11.2. The maximum absolute atomic E-state index is 13.2. The number of amides is 6. The highest BCUT2D eigenvalue weighted by atomic mass is 19.1. The van der Waals surface area contributed by atoms with E-state index < -0.39 is 12.1 Å². The predicted octanol–water partition coefficient (Wildman–Crippen LogP) is 8.55. The molecule has 16 heteroatoms. The number of anilines is 6. The summed E-state index contributed by atoms with van der Waals surface area (Å²) in [6.45, 7) is 4.56. The van der Waals surface area contributed by atoms with Crippen LogP contribution in [0, 0.1) is 11.6 Å². The average Bonchev–Trinajstić information content (AvgIpc) is 3.98. The minimum absolute atomic E-state index is 0.0163. The molecule has 0 bridgehead atoms. The van der Waals surface area contributed by atoms with Crippen molar-refractivity contribution in [2.45, 2.75) is 51.6 Å². The van der Waals surface area contributed by atoms with Gasteiger partial charge in [0, 0.05) is 48.4 Å². The van der Waals surface area contributed by atoms with E-state index >= 15 is 0 Å². The fourth-order valence-electron chi connectivity index (χ4n) is 7.71. The van der Waals surface area contributed by atoms with E-state index in [2.05, 4.69) is 21.3 Å². The highest BCUT2D eigenvalue weighted by Crippen LogP contribution is 2.30. The Bertz CT molecular complexity index is 2650. The maximum atomic E-state index is 13.2. The van der Waals surface area contributed by atoms with Gasteiger partial charge in [0.15, 0.2) is 0 Å². The van der Waals surface area contributed by atoms with Crippen LogP contribution in [0.1, 0.15) is 60.2 Å². The number of nitrogens with two attached hydrogens (primary N) is 2. The standard InChI is InChI=1S/2C26H25FN4O3/c2*1-16(31-14-2-3-24(31)32)25(33)29-21-11-6-18(7-12-21)26(34)30-23-15-19(8-13-22(23)28)17-4-9-20(27)10-5-17/h2*4-13,15-16H,2-3,14,28H2,1H3,(H,29,33)(H,30,34)/t2*16-/m10/s1. The Morgan fingerprint density at radius 1 is 0.485 bits per heavy atom. The number of carbonyl (C=O) groups is 6. The van der Waals surface area contributed by atoms with Gasteiger partial charge in [0.25, 0.3) is 11.8 Å². The van der Waals surface area contributed by atoms with Crippen LogP contribution in [0.4, 0.5) is 42.9 Å². The minimum Gasteiger partial charge on any atom is -0.397 e. The van der Waals surface area contributed by atoms with E-state index in [4.69, 9.17) is 11.5 Å². The number of nitrogens with zero attached hydrogens (tertiary/aromatic N) is 2. The van der Waals surface area contributed by atoms with E-state index in [1.807, 2.05) is 0 Å². The number of nitrogen functional groups attached to an aromatic ring is 2. The first-order valence-electron chi connectivity index (χ1n) is 22.0. The topological polar surface area (TPSA) is 209 Å². The highest BCUT2D eigenvalue weighted by Gasteiger charge is 2.30. The van der Waals surface area contributed by atoms with Crippen molar-refractivity contribution < 1.29 is 37.5 Å². The van der Waals surface area contributed by atoms with Crippen molar-refractivity contribution in [3.05, 3.63) is 156 Å². The van der Waals surface area contributed by atoms with Crippen LogP contribution in [0.25, 0.3) is 22.3 Å². The van der Waals surface area contributed by atoms with Gasteiger partial charge in [0.05, 0.1) is 22.7 Å². The van der Waals surface area contributed by atoms with Crippen molar-refractivity contribution in [3.8, 4) is 22.3 Å². The second kappa shape index (κ2) is 21.3. The van der Waals surface area contributed by atoms with Gasteiger partial charge >= 0.3 is 0 Å². The number of hydrogen-bond donors (Lipinski definition) is 6. The molecule has 348 valence electrons. The molecule has 2 heterocycles. The predicted molar refractivity (Wildman–Crippen MR) is 259 cm³/mol. The molecule has 0 unspecified atom stereocenters. The van der Waals surface area contributed by atoms with Gasteiger partial charge in [-0.15, -0.1) is 0 Å². The molecule has 2 fully saturated rings. The third kappa shape index (κ3) is 11.7. The zero-order chi connectivity index (χ0) is 48.5. The van der Waals surface area contributed by atoms with Gasteiger partial charge in [0.1, 0.15) is 23.7 Å². The van der Waals surface area contributed by atoms with E-state index in [0.29, 0.717) is 71.2 Å². The second-order valence-corrected chi connectivity index (χ2v) is 16.4. The lowest BCUT2D eigenvalue weighted by Gasteiger charge is -2.23. The molecule has 0 radical (unpaired) electrons. The zero-order valence-electron chi connectivity index (χ0n) is 37.4. The molecule has 0 saturated carbocycles. The van der Waals surface area contributed by atoms with Crippen molar-refractivity contribution in [3.63, 3.8) is 0 Å². The third-order valence-electron chi connectivity index (χ3n) is 11.7. The number of carbonyl (C=O) groups excluding carboxylic acids is 6. The molecule has 0 aromatic heterocycles. The quantitative estimate of drug-likeness (QED) is 0.0654. The molecule has 2 saturated heterocycles. The molecule has 6 aromatic rings. The van der Waals surface area contributed by atoms with Crippen LogP contribution in [0.5, 0.6) is 0 Å². The van der Waals surface area contributed by atoms with Crippen LogP contribution in [-0.4, -0.2) is 70.4 Å². The molecule has 0 spiro atoms. The molecule has 6 aromatic carbocycles. The summed E-state index contributed by atoms with van der Waals surface area (Å²) in [6.07, 6.45) is 2.46. The Hall–Kier alpha value is -8.40. The normalized spacial score (nSPS) is 14.1. The van der Waals surface area contributed by atoms with Gasteiger partial charge in [0.2, 0.25) is 23.6 Å². The van der Waals surface area contributed by atoms with E-state index in [1.165, 1.54) is 24.3 Å². The van der Waals surface area contributed by atoms with E-state index in [-0.39, 0.29) is 47.1 Å². The first kappa shape index (κ1) is 47.6. The number of likely N-dealkylation sites (tertiary alicyclic amines) is 2. The van der Waals surface area contributed by atoms with Crippen molar-refractivity contribution in [2.75, 3.05) is 45.8 Å². The molecular formula is C52H50F2N8O6. The van der Waals surface area contributed by atoms with Crippen LogP contribution in [0.15, 0.2) is 133 Å². The minimum atomic E-state index is -0.561. The van der Waals surface area contributed by atoms with Crippen molar-refractivity contribution in [1.29, 1.82) is 0 Å². The first-order chi connectivity index (χ1) is 32.6. The Labute approximate surface area is 391 Å². The third-order valence-corrected chi connectivity index (χ3v) is 11.7. The van der Waals surface area contributed by atoms with Gasteiger partial charge in [-0.1, -0.05) is 36.4 Å². The summed E-state index contributed by atoms with van der Waals surface area (Å²) in [5.41, 5.74) is 18.7. The largest absolute Gasteiger partial charge is 0.397 e. The summed E-state index contributed by atoms with van der Waals surface area (Å²) in [7, 11) is 0. The molecular weight excluding hydrogens is 871 g/mol. The molecule has 8 rings (SSSR count). The summed E-state index contributed by atoms with van der Waals surface area (Å²) >= 11 is 0. The molecule has 2 aliphatic rings. The first-order valence-corrected chi connectivity index (χ1v) is 22.0. The second-order valence-electron chi connectivity index (χ2n) is 16.4. The Kier molecular flexibility index (Phi) is 14.9. The number of hydrogen-bond acceptors (Lipinski definition) is 8. The molecule has 6 amide bonds. The lowest BCUT2D eigenvalue weighted by molar-refractivity contribution is -0.134. The smallest absolute Gasteiger partial charge is 0.255 e. The fraction of sp³-hybridized carbons (Fsp3) is 0.192. The summed E-state index contributed by atoms with van der Waals surface area (Å²) in [4.78, 5) is 77.4. The molecule has 14 nitrogen and oxygen atoms in total. The summed E-state index contributed by atoms with van der Waals surface area (Å²) in [6, 6.07) is 34.3. The lowest BCUT2D eigenvalue weighted by Crippen LogP contribution is -2.42. The van der Waals surface area contributed by atoms with E-state index in [1.54, 1.807) is 133 Å². The van der Waals surface area contributed by atoms with E-state index in [0.717, 1.165) is 35.1 Å². The molecule has 2 aliphatic heterocycles. The fourth-order valence-corrected chi connectivity index (χ4v) is 7.71. The Balaban J connectivity index is 0.000000201. The zero-order valence-corrected chi connectivity index (χ0v) is 37.4. The Morgan fingerprint density at radius 3 is 1.15 bits per heavy atom. The van der Waals surface area contributed by atoms with Gasteiger partial charge in [-0.05, 0) is 146 Å². The van der Waals surface area contributed by atoms with Gasteiger partial charge in [-0.25, -0.2) is 8.78 Å². The monoisotopic (exact) mass is 920 g/mol. The van der Waals surface area contributed by atoms with Gasteiger partial charge in [-0.2, -0.15) is 0 Å². The van der Waals surface area contributed by atoms with Crippen molar-refractivity contribution in [1.82, 2.24) is 9.80 Å². The van der Waals surface area contributed by atoms with E-state index in [9.17, 15) is 37.5 Å². The molecule has 0 aliphatic carbocycles. The number of nitrogens with one attached hydrogen (secondary N) is 4. The maximum Gasteiger partial charge on any atom is 0.255 e. The highest BCUT2D eigenvalue weighted by molar-refractivity contribution is 6.08. The van der Waals surface area contributed by atoms with Crippen LogP contribution in [0.2, 0.25) is 0 Å². The van der Waals surface area contributed by atoms with Crippen LogP contribution < -0.4 is 32.7 Å². The summed E-state index contributed by atoms with van der Waals surface area (Å²) in [5.74, 6) is -1.98. The number of benzene rings is 6. The number of halogens is 2. The van der Waals surface area contributed by atoms with Gasteiger partial charge < -0.3 is 42.5 Å². The van der Waals surface area contributed by atoms with Crippen LogP contribution >= 0.6 is 0 Å². The number of rotatable bonds is 12. The lowest BCUT2D eigenvalue weighted by atomic mass is 10.0. The van der Waals surface area contributed by atoms with Crippen molar-refractivity contribution >= 4 is 69.6 Å². The SMILES string of the molecule is C[C@@H](C(=O)Nc1ccc(C(=O)Nc2cc(-c3ccc(F)cc3)ccc2N)cc1)N1CCCC1=O.C[C@H](C(=O)Nc1ccc(C(=O)Nc2cc(-c3ccc(F)cc3)ccc2N)cc1)N1CCCC1=O. The van der Waals surface area contributed by atoms with Crippen LogP contribution in [0.3, 0.4) is 0 Å². The summed E-state index contributed by atoms with van der Waals surface area (Å²) < 4.78 is 26.4. The molecule has 68 heavy (non-hydrogen) atoms. The van der Waals surface area contributed by atoms with Crippen molar-refractivity contribution in [2.24, 2.45) is 0 Å². The molecule has 8 N–H and O–H groups in total. The van der Waals surface area contributed by atoms with Crippen LogP contribution in [-0.2, 0) is 19.2 Å². The molecule has 2 atom stereocenters. The average molecular weight is 921 g/mol.